The van der Waals surface area contributed by atoms with Crippen molar-refractivity contribution in [2.45, 2.75) is 113 Å². The van der Waals surface area contributed by atoms with Gasteiger partial charge in [-0.2, -0.15) is 0 Å². The molecule has 2 heterocycles. The van der Waals surface area contributed by atoms with Gasteiger partial charge in [0.15, 0.2) is 5.78 Å². The zero-order valence-electron chi connectivity index (χ0n) is 30.1. The van der Waals surface area contributed by atoms with Crippen LogP contribution >= 0.6 is 0 Å². The zero-order chi connectivity index (χ0) is 33.9. The number of ketones is 1. The summed E-state index contributed by atoms with van der Waals surface area (Å²) in [5.41, 5.74) is 8.92. The second-order valence-electron chi connectivity index (χ2n) is 14.5. The smallest absolute Gasteiger partial charge is 0.164 e. The Kier molecular flexibility index (Phi) is 12.5. The Bertz CT molecular complexity index is 1740. The molecule has 0 fully saturated rings. The second-order valence-corrected chi connectivity index (χ2v) is 14.5. The quantitative estimate of drug-likeness (QED) is 0.109. The molecule has 47 heavy (non-hydrogen) atoms. The van der Waals surface area contributed by atoms with Crippen LogP contribution < -0.4 is 0 Å². The van der Waals surface area contributed by atoms with Gasteiger partial charge in [-0.05, 0) is 68.1 Å². The molecule has 4 nitrogen and oxygen atoms in total. The van der Waals surface area contributed by atoms with E-state index in [2.05, 4.69) is 82.3 Å². The molecule has 2 aromatic heterocycles. The molecule has 0 amide bonds. The molecule has 4 aromatic rings. The Morgan fingerprint density at radius 1 is 0.872 bits per heavy atom. The fraction of sp³-hybridized carbons (Fsp3) is 0.452. The first kappa shape index (κ1) is 38.3. The van der Waals surface area contributed by atoms with Gasteiger partial charge in [-0.1, -0.05) is 104 Å². The molecule has 253 valence electrons. The van der Waals surface area contributed by atoms with Crippen LogP contribution in [0, 0.1) is 23.8 Å². The van der Waals surface area contributed by atoms with Gasteiger partial charge in [0.25, 0.3) is 0 Å². The predicted octanol–water partition coefficient (Wildman–Crippen LogP) is 11.1. The number of hydrogen-bond acceptors (Lipinski definition) is 4. The average Bonchev–Trinajstić information content (AvgIpc) is 3.06. The minimum absolute atomic E-state index is 0. The Labute approximate surface area is 296 Å². The van der Waals surface area contributed by atoms with Crippen molar-refractivity contribution in [1.82, 2.24) is 9.97 Å². The van der Waals surface area contributed by atoms with Crippen molar-refractivity contribution in [3.05, 3.63) is 95.1 Å². The van der Waals surface area contributed by atoms with Gasteiger partial charge in [0.1, 0.15) is 5.76 Å². The monoisotopic (exact) mass is 810 g/mol. The molecule has 0 spiro atoms. The number of rotatable bonds is 8. The maximum absolute atomic E-state index is 12.2. The Morgan fingerprint density at radius 3 is 2.13 bits per heavy atom. The fourth-order valence-electron chi connectivity index (χ4n) is 6.05. The standard InChI is InChI=1S/C27H25N2.C15H28O2.Ir/c1-17-9-11-22-23-15-26(28-16-19(23)10-12-25(22)29-17)20-13-18-7-5-6-8-21(18)24(14-20)27(2,3)4;1-7-14(5,8-2)12(16)11-13(17)15(6,9-3)10-4;/h5-9,11,14-16H,10,12H2,1-4H3;11,16H,7-10H2,1-6H3;/q-1;;/b;12-11-;. The van der Waals surface area contributed by atoms with Crippen LogP contribution in [0.15, 0.2) is 66.6 Å². The SMILES string of the molecule is CCC(C)(CC)C(=O)/C=C(\O)C(C)(CC)CC.Cc1ccc2c(n1)CCc1cnc(-c3[c-]c4ccccc4c(C(C)(C)C)c3)cc1-2.[Ir]. The van der Waals surface area contributed by atoms with Crippen molar-refractivity contribution in [2.75, 3.05) is 0 Å². The van der Waals surface area contributed by atoms with E-state index in [1.54, 1.807) is 0 Å². The molecule has 1 aliphatic carbocycles. The van der Waals surface area contributed by atoms with E-state index >= 15 is 0 Å². The minimum Gasteiger partial charge on any atom is -0.512 e. The van der Waals surface area contributed by atoms with Crippen molar-refractivity contribution in [1.29, 1.82) is 0 Å². The Hall–Kier alpha value is -3.14. The summed E-state index contributed by atoms with van der Waals surface area (Å²) in [4.78, 5) is 21.8. The summed E-state index contributed by atoms with van der Waals surface area (Å²) in [6.45, 7) is 20.9. The molecular weight excluding hydrogens is 757 g/mol. The molecule has 5 heteroatoms. The zero-order valence-corrected chi connectivity index (χ0v) is 32.5. The molecule has 0 saturated carbocycles. The van der Waals surface area contributed by atoms with Crippen molar-refractivity contribution in [3.63, 3.8) is 0 Å². The summed E-state index contributed by atoms with van der Waals surface area (Å²) in [5.74, 6) is 0.286. The van der Waals surface area contributed by atoms with E-state index in [0.29, 0.717) is 0 Å². The summed E-state index contributed by atoms with van der Waals surface area (Å²) >= 11 is 0. The fourth-order valence-corrected chi connectivity index (χ4v) is 6.05. The number of nitrogens with zero attached hydrogens (tertiary/aromatic N) is 2. The normalized spacial score (nSPS) is 13.2. The average molecular weight is 810 g/mol. The molecule has 0 bridgehead atoms. The molecule has 5 rings (SSSR count). The number of aromatic nitrogens is 2. The first-order chi connectivity index (χ1) is 21.7. The molecule has 0 atom stereocenters. The minimum atomic E-state index is -0.337. The third kappa shape index (κ3) is 8.30. The van der Waals surface area contributed by atoms with E-state index in [1.807, 2.05) is 47.7 Å². The van der Waals surface area contributed by atoms with Crippen LogP contribution in [0.2, 0.25) is 0 Å². The molecule has 1 N–H and O–H groups in total. The van der Waals surface area contributed by atoms with Crippen LogP contribution in [-0.4, -0.2) is 20.9 Å². The summed E-state index contributed by atoms with van der Waals surface area (Å²) in [6.07, 6.45) is 8.79. The van der Waals surface area contributed by atoms with Crippen LogP contribution in [-0.2, 0) is 43.2 Å². The molecule has 0 saturated heterocycles. The number of pyridine rings is 2. The number of aliphatic hydroxyl groups excluding tert-OH is 1. The number of hydrogen-bond donors (Lipinski definition) is 1. The maximum atomic E-state index is 12.2. The van der Waals surface area contributed by atoms with Gasteiger partial charge >= 0.3 is 0 Å². The third-order valence-corrected chi connectivity index (χ3v) is 10.5. The number of fused-ring (bicyclic) bond motifs is 4. The largest absolute Gasteiger partial charge is 0.512 e. The second kappa shape index (κ2) is 15.4. The molecule has 0 unspecified atom stereocenters. The van der Waals surface area contributed by atoms with Crippen molar-refractivity contribution in [2.24, 2.45) is 10.8 Å². The molecule has 1 radical (unpaired) electrons. The van der Waals surface area contributed by atoms with Gasteiger partial charge in [0.05, 0.1) is 0 Å². The molecule has 0 aliphatic heterocycles. The van der Waals surface area contributed by atoms with Gasteiger partial charge in [-0.15, -0.1) is 29.1 Å². The van der Waals surface area contributed by atoms with Gasteiger partial charge in [0, 0.05) is 65.9 Å². The van der Waals surface area contributed by atoms with E-state index in [1.165, 1.54) is 39.4 Å². The Morgan fingerprint density at radius 2 is 1.51 bits per heavy atom. The number of carbonyl (C=O) groups excluding carboxylic acids is 1. The van der Waals surface area contributed by atoms with Crippen molar-refractivity contribution < 1.29 is 30.0 Å². The number of aryl methyl sites for hydroxylation is 3. The first-order valence-electron chi connectivity index (χ1n) is 17.1. The molecule has 1 aliphatic rings. The van der Waals surface area contributed by atoms with Gasteiger partial charge < -0.3 is 5.11 Å². The number of aliphatic hydroxyl groups is 1. The van der Waals surface area contributed by atoms with Crippen LogP contribution in [0.25, 0.3) is 33.2 Å². The maximum Gasteiger partial charge on any atom is 0.164 e. The van der Waals surface area contributed by atoms with E-state index < -0.39 is 0 Å². The van der Waals surface area contributed by atoms with E-state index in [-0.39, 0.29) is 47.9 Å². The van der Waals surface area contributed by atoms with Gasteiger partial charge in [0.2, 0.25) is 0 Å². The summed E-state index contributed by atoms with van der Waals surface area (Å²) < 4.78 is 0. The van der Waals surface area contributed by atoms with E-state index in [9.17, 15) is 9.90 Å². The Balaban J connectivity index is 0.000000290. The van der Waals surface area contributed by atoms with Crippen molar-refractivity contribution >= 4 is 16.6 Å². The van der Waals surface area contributed by atoms with Crippen LogP contribution in [0.4, 0.5) is 0 Å². The predicted molar refractivity (Wildman–Crippen MR) is 193 cm³/mol. The first-order valence-corrected chi connectivity index (χ1v) is 17.1. The van der Waals surface area contributed by atoms with Crippen LogP contribution in [0.1, 0.15) is 111 Å². The van der Waals surface area contributed by atoms with E-state index in [0.717, 1.165) is 60.9 Å². The van der Waals surface area contributed by atoms with Crippen molar-refractivity contribution in [3.8, 4) is 22.4 Å². The van der Waals surface area contributed by atoms with Crippen LogP contribution in [0.5, 0.6) is 0 Å². The topological polar surface area (TPSA) is 63.1 Å². The number of benzene rings is 2. The van der Waals surface area contributed by atoms with Crippen LogP contribution in [0.3, 0.4) is 0 Å². The van der Waals surface area contributed by atoms with E-state index in [4.69, 9.17) is 9.97 Å². The molecular formula is C42H53IrN2O2-. The third-order valence-electron chi connectivity index (χ3n) is 10.5. The summed E-state index contributed by atoms with van der Waals surface area (Å²) in [5, 5.41) is 12.5. The summed E-state index contributed by atoms with van der Waals surface area (Å²) in [7, 11) is 0. The molecule has 2 aromatic carbocycles. The number of carbonyl (C=O) groups is 1. The number of allylic oxidation sites excluding steroid dienone is 2. The van der Waals surface area contributed by atoms with Gasteiger partial charge in [-0.25, -0.2) is 0 Å². The summed E-state index contributed by atoms with van der Waals surface area (Å²) in [6, 6.07) is 21.0. The van der Waals surface area contributed by atoms with Gasteiger partial charge in [-0.3, -0.25) is 14.8 Å².